The van der Waals surface area contributed by atoms with Gasteiger partial charge in [-0.15, -0.1) is 10.2 Å². The minimum atomic E-state index is -0.345. The van der Waals surface area contributed by atoms with Crippen LogP contribution in [0, 0.1) is 5.92 Å². The van der Waals surface area contributed by atoms with Crippen LogP contribution in [0.1, 0.15) is 52.3 Å². The monoisotopic (exact) mass is 367 g/mol. The first-order chi connectivity index (χ1) is 11.9. The fourth-order valence-electron chi connectivity index (χ4n) is 3.07. The fourth-order valence-corrected chi connectivity index (χ4v) is 3.92. The quantitative estimate of drug-likeness (QED) is 0.708. The number of piperidine rings is 1. The van der Waals surface area contributed by atoms with Gasteiger partial charge >= 0.3 is 0 Å². The molecular weight excluding hydrogens is 338 g/mol. The first kappa shape index (κ1) is 19.8. The average molecular weight is 368 g/mol. The van der Waals surface area contributed by atoms with Crippen LogP contribution in [-0.4, -0.2) is 49.8 Å². The zero-order valence-electron chi connectivity index (χ0n) is 15.4. The summed E-state index contributed by atoms with van der Waals surface area (Å²) in [6.45, 7) is 7.96. The Morgan fingerprint density at radius 2 is 2.08 bits per heavy atom. The molecule has 0 radical (unpaired) electrons. The highest BCUT2D eigenvalue weighted by Gasteiger charge is 2.24. The predicted molar refractivity (Wildman–Crippen MR) is 98.1 cm³/mol. The van der Waals surface area contributed by atoms with Crippen LogP contribution in [0.4, 0.5) is 0 Å². The van der Waals surface area contributed by atoms with Crippen molar-refractivity contribution in [2.45, 2.75) is 70.6 Å². The zero-order valence-corrected chi connectivity index (χ0v) is 16.2. The Bertz CT molecular complexity index is 602. The summed E-state index contributed by atoms with van der Waals surface area (Å²) in [5, 5.41) is 9.18. The third-order valence-electron chi connectivity index (χ3n) is 4.38. The van der Waals surface area contributed by atoms with Crippen molar-refractivity contribution in [1.82, 2.24) is 19.7 Å². The number of aromatic nitrogens is 3. The van der Waals surface area contributed by atoms with E-state index in [4.69, 9.17) is 5.73 Å². The summed E-state index contributed by atoms with van der Waals surface area (Å²) in [5.74, 6) is 1.36. The Labute approximate surface area is 153 Å². The van der Waals surface area contributed by atoms with Crippen molar-refractivity contribution >= 4 is 23.6 Å². The van der Waals surface area contributed by atoms with Gasteiger partial charge in [0.15, 0.2) is 5.16 Å². The predicted octanol–water partition coefficient (Wildman–Crippen LogP) is 1.85. The van der Waals surface area contributed by atoms with Gasteiger partial charge in [0.1, 0.15) is 5.82 Å². The smallest absolute Gasteiger partial charge is 0.233 e. The standard InChI is InChI=1S/C17H29N5O2S/c1-12(2)10-22-15(8-7-14(18)23)19-20-17(22)25-11-16(24)21-9-5-4-6-13(21)3/h12-13H,4-11H2,1-3H3,(H2,18,23). The molecule has 1 fully saturated rings. The van der Waals surface area contributed by atoms with Gasteiger partial charge in [-0.2, -0.15) is 0 Å². The molecule has 1 atom stereocenters. The van der Waals surface area contributed by atoms with Crippen molar-refractivity contribution < 1.29 is 9.59 Å². The van der Waals surface area contributed by atoms with Crippen LogP contribution in [0.3, 0.4) is 0 Å². The Morgan fingerprint density at radius 3 is 2.72 bits per heavy atom. The van der Waals surface area contributed by atoms with Gasteiger partial charge in [-0.25, -0.2) is 0 Å². The first-order valence-electron chi connectivity index (χ1n) is 9.01. The molecule has 0 spiro atoms. The lowest BCUT2D eigenvalue weighted by molar-refractivity contribution is -0.131. The second-order valence-corrected chi connectivity index (χ2v) is 8.03. The molecule has 0 aromatic carbocycles. The van der Waals surface area contributed by atoms with E-state index >= 15 is 0 Å². The molecule has 0 bridgehead atoms. The lowest BCUT2D eigenvalue weighted by Gasteiger charge is -2.33. The third kappa shape index (κ3) is 5.73. The Balaban J connectivity index is 2.02. The summed E-state index contributed by atoms with van der Waals surface area (Å²) in [6.07, 6.45) is 4.10. The highest BCUT2D eigenvalue weighted by Crippen LogP contribution is 2.22. The van der Waals surface area contributed by atoms with E-state index in [2.05, 4.69) is 31.0 Å². The minimum Gasteiger partial charge on any atom is -0.370 e. The van der Waals surface area contributed by atoms with E-state index in [1.807, 2.05) is 9.47 Å². The summed E-state index contributed by atoms with van der Waals surface area (Å²) >= 11 is 1.43. The summed E-state index contributed by atoms with van der Waals surface area (Å²) in [6, 6.07) is 0.321. The van der Waals surface area contributed by atoms with Crippen molar-refractivity contribution in [2.75, 3.05) is 12.3 Å². The van der Waals surface area contributed by atoms with Crippen molar-refractivity contribution in [3.05, 3.63) is 5.82 Å². The number of hydrogen-bond donors (Lipinski definition) is 1. The minimum absolute atomic E-state index is 0.162. The Kier molecular flexibility index (Phi) is 7.28. The van der Waals surface area contributed by atoms with Gasteiger partial charge in [-0.1, -0.05) is 25.6 Å². The topological polar surface area (TPSA) is 94.1 Å². The van der Waals surface area contributed by atoms with Gasteiger partial charge in [-0.05, 0) is 32.1 Å². The number of amides is 2. The Hall–Kier alpha value is -1.57. The molecule has 1 unspecified atom stereocenters. The highest BCUT2D eigenvalue weighted by molar-refractivity contribution is 7.99. The molecular formula is C17H29N5O2S. The molecule has 2 N–H and O–H groups in total. The van der Waals surface area contributed by atoms with E-state index in [1.54, 1.807) is 0 Å². The number of aryl methyl sites for hydroxylation is 1. The number of likely N-dealkylation sites (tertiary alicyclic amines) is 1. The van der Waals surface area contributed by atoms with Gasteiger partial charge in [-0.3, -0.25) is 9.59 Å². The molecule has 1 aliphatic heterocycles. The number of thioether (sulfide) groups is 1. The van der Waals surface area contributed by atoms with Crippen molar-refractivity contribution in [3.63, 3.8) is 0 Å². The van der Waals surface area contributed by atoms with Crippen LogP contribution in [0.25, 0.3) is 0 Å². The summed E-state index contributed by atoms with van der Waals surface area (Å²) in [4.78, 5) is 25.5. The Morgan fingerprint density at radius 1 is 1.32 bits per heavy atom. The maximum atomic E-state index is 12.5. The van der Waals surface area contributed by atoms with Crippen LogP contribution in [0.2, 0.25) is 0 Å². The summed E-state index contributed by atoms with van der Waals surface area (Å²) < 4.78 is 2.02. The van der Waals surface area contributed by atoms with E-state index in [1.165, 1.54) is 18.2 Å². The summed E-state index contributed by atoms with van der Waals surface area (Å²) in [5.41, 5.74) is 5.24. The molecule has 1 aromatic heterocycles. The molecule has 2 rings (SSSR count). The number of carbonyl (C=O) groups is 2. The first-order valence-corrected chi connectivity index (χ1v) is 9.99. The van der Waals surface area contributed by atoms with E-state index in [-0.39, 0.29) is 18.2 Å². The molecule has 1 aliphatic rings. The lowest BCUT2D eigenvalue weighted by Crippen LogP contribution is -2.43. The molecule has 7 nitrogen and oxygen atoms in total. The van der Waals surface area contributed by atoms with E-state index < -0.39 is 0 Å². The van der Waals surface area contributed by atoms with Gasteiger partial charge in [0.25, 0.3) is 0 Å². The molecule has 8 heteroatoms. The second kappa shape index (κ2) is 9.22. The molecule has 25 heavy (non-hydrogen) atoms. The SMILES string of the molecule is CC(C)Cn1c(CCC(N)=O)nnc1SCC(=O)N1CCCCC1C. The van der Waals surface area contributed by atoms with Crippen molar-refractivity contribution in [2.24, 2.45) is 11.7 Å². The molecule has 140 valence electrons. The number of nitrogens with two attached hydrogens (primary N) is 1. The van der Waals surface area contributed by atoms with Crippen LogP contribution < -0.4 is 5.73 Å². The number of primary amides is 1. The van der Waals surface area contributed by atoms with Crippen LogP contribution in [0.5, 0.6) is 0 Å². The van der Waals surface area contributed by atoms with Crippen molar-refractivity contribution in [3.8, 4) is 0 Å². The van der Waals surface area contributed by atoms with E-state index in [0.717, 1.165) is 36.9 Å². The number of carbonyl (C=O) groups excluding carboxylic acids is 2. The molecule has 2 heterocycles. The highest BCUT2D eigenvalue weighted by atomic mass is 32.2. The number of hydrogen-bond acceptors (Lipinski definition) is 5. The van der Waals surface area contributed by atoms with Crippen LogP contribution >= 0.6 is 11.8 Å². The molecule has 0 aliphatic carbocycles. The molecule has 1 saturated heterocycles. The molecule has 2 amide bonds. The zero-order chi connectivity index (χ0) is 18.4. The van der Waals surface area contributed by atoms with Crippen LogP contribution in [-0.2, 0) is 22.6 Å². The maximum absolute atomic E-state index is 12.5. The van der Waals surface area contributed by atoms with Crippen molar-refractivity contribution in [1.29, 1.82) is 0 Å². The molecule has 0 saturated carbocycles. The number of rotatable bonds is 8. The second-order valence-electron chi connectivity index (χ2n) is 7.09. The van der Waals surface area contributed by atoms with Gasteiger partial charge in [0.2, 0.25) is 11.8 Å². The lowest BCUT2D eigenvalue weighted by atomic mass is 10.0. The number of nitrogens with zero attached hydrogens (tertiary/aromatic N) is 4. The maximum Gasteiger partial charge on any atom is 0.233 e. The van der Waals surface area contributed by atoms with Gasteiger partial charge < -0.3 is 15.2 Å². The van der Waals surface area contributed by atoms with Crippen LogP contribution in [0.15, 0.2) is 5.16 Å². The van der Waals surface area contributed by atoms with Gasteiger partial charge in [0.05, 0.1) is 5.75 Å². The average Bonchev–Trinajstić information content (AvgIpc) is 2.92. The van der Waals surface area contributed by atoms with E-state index in [0.29, 0.717) is 24.1 Å². The van der Waals surface area contributed by atoms with Gasteiger partial charge in [0, 0.05) is 32.0 Å². The molecule has 1 aromatic rings. The largest absolute Gasteiger partial charge is 0.370 e. The third-order valence-corrected chi connectivity index (χ3v) is 5.34. The normalized spacial score (nSPS) is 17.9. The summed E-state index contributed by atoms with van der Waals surface area (Å²) in [7, 11) is 0. The fraction of sp³-hybridized carbons (Fsp3) is 0.765. The van der Waals surface area contributed by atoms with E-state index in [9.17, 15) is 9.59 Å².